The lowest BCUT2D eigenvalue weighted by Gasteiger charge is -2.29. The molecule has 1 atom stereocenters. The summed E-state index contributed by atoms with van der Waals surface area (Å²) in [5.74, 6) is -0.892. The lowest BCUT2D eigenvalue weighted by atomic mass is 9.81. The van der Waals surface area contributed by atoms with Gasteiger partial charge in [0, 0.05) is 17.7 Å². The first kappa shape index (κ1) is 15.7. The minimum atomic E-state index is -4.46. The van der Waals surface area contributed by atoms with Crippen LogP contribution in [0.5, 0.6) is 0 Å². The van der Waals surface area contributed by atoms with Gasteiger partial charge in [0.15, 0.2) is 0 Å². The number of amides is 1. The zero-order valence-electron chi connectivity index (χ0n) is 13.1. The molecule has 1 aliphatic heterocycles. The molecule has 4 rings (SSSR count). The summed E-state index contributed by atoms with van der Waals surface area (Å²) in [6.45, 7) is 0. The van der Waals surface area contributed by atoms with E-state index in [0.29, 0.717) is 5.69 Å². The van der Waals surface area contributed by atoms with Crippen LogP contribution in [-0.2, 0) is 11.0 Å². The maximum Gasteiger partial charge on any atom is 0.416 e. The number of carbonyl (C=O) groups excluding carboxylic acids is 1. The molecule has 3 aromatic carbocycles. The Morgan fingerprint density at radius 3 is 2.40 bits per heavy atom. The number of carbonyl (C=O) groups is 1. The lowest BCUT2D eigenvalue weighted by molar-refractivity contribution is -0.138. The fourth-order valence-electron chi connectivity index (χ4n) is 3.54. The Hall–Kier alpha value is -2.82. The van der Waals surface area contributed by atoms with Crippen LogP contribution in [-0.4, -0.2) is 5.91 Å². The van der Waals surface area contributed by atoms with Gasteiger partial charge in [-0.25, -0.2) is 0 Å². The summed E-state index contributed by atoms with van der Waals surface area (Å²) in [6, 6.07) is 16.7. The highest BCUT2D eigenvalue weighted by Gasteiger charge is 2.37. The third kappa shape index (κ3) is 2.65. The Kier molecular flexibility index (Phi) is 3.53. The van der Waals surface area contributed by atoms with Crippen molar-refractivity contribution in [2.75, 3.05) is 5.32 Å². The van der Waals surface area contributed by atoms with E-state index < -0.39 is 17.7 Å². The molecule has 25 heavy (non-hydrogen) atoms. The molecule has 3 aromatic rings. The summed E-state index contributed by atoms with van der Waals surface area (Å²) in [6.07, 6.45) is -4.46. The molecule has 0 unspecified atom stereocenters. The molecule has 1 amide bonds. The fourth-order valence-corrected chi connectivity index (χ4v) is 3.54. The molecule has 0 aromatic heterocycles. The van der Waals surface area contributed by atoms with E-state index in [1.807, 2.05) is 36.4 Å². The summed E-state index contributed by atoms with van der Waals surface area (Å²) >= 11 is 0. The zero-order valence-corrected chi connectivity index (χ0v) is 13.1. The van der Waals surface area contributed by atoms with Crippen LogP contribution in [0.25, 0.3) is 10.8 Å². The van der Waals surface area contributed by atoms with Crippen LogP contribution in [0.1, 0.15) is 29.0 Å². The standard InChI is InChI=1S/C20H14F3NO/c21-20(22,23)17-8-4-3-7-14(17)16-11-18(25)24-19-13-6-2-1-5-12(13)9-10-15(16)19/h1-10,16H,11H2,(H,24,25)/t16-/m1/s1. The van der Waals surface area contributed by atoms with Gasteiger partial charge >= 0.3 is 6.18 Å². The summed E-state index contributed by atoms with van der Waals surface area (Å²) < 4.78 is 40.3. The van der Waals surface area contributed by atoms with Gasteiger partial charge in [-0.05, 0) is 22.6 Å². The van der Waals surface area contributed by atoms with Gasteiger partial charge < -0.3 is 5.32 Å². The van der Waals surface area contributed by atoms with E-state index in [4.69, 9.17) is 0 Å². The van der Waals surface area contributed by atoms with Crippen molar-refractivity contribution in [1.29, 1.82) is 0 Å². The molecule has 0 radical (unpaired) electrons. The predicted octanol–water partition coefficient (Wildman–Crippen LogP) is 5.33. The minimum absolute atomic E-state index is 0.00155. The van der Waals surface area contributed by atoms with Gasteiger partial charge in [-0.15, -0.1) is 0 Å². The summed E-state index contributed by atoms with van der Waals surface area (Å²) in [5, 5.41) is 4.61. The molecule has 0 saturated heterocycles. The van der Waals surface area contributed by atoms with Crippen LogP contribution in [0.2, 0.25) is 0 Å². The summed E-state index contributed by atoms with van der Waals surface area (Å²) in [4.78, 5) is 12.2. The van der Waals surface area contributed by atoms with E-state index in [1.165, 1.54) is 12.1 Å². The largest absolute Gasteiger partial charge is 0.416 e. The molecule has 126 valence electrons. The smallest absolute Gasteiger partial charge is 0.325 e. The lowest BCUT2D eigenvalue weighted by Crippen LogP contribution is -2.25. The number of hydrogen-bond acceptors (Lipinski definition) is 1. The van der Waals surface area contributed by atoms with E-state index >= 15 is 0 Å². The summed E-state index contributed by atoms with van der Waals surface area (Å²) in [5.41, 5.74) is 0.779. The number of nitrogens with one attached hydrogen (secondary N) is 1. The fraction of sp³-hybridized carbons (Fsp3) is 0.150. The number of fused-ring (bicyclic) bond motifs is 3. The molecular formula is C20H14F3NO. The van der Waals surface area contributed by atoms with Gasteiger partial charge in [-0.2, -0.15) is 13.2 Å². The van der Waals surface area contributed by atoms with E-state index in [0.717, 1.165) is 22.4 Å². The minimum Gasteiger partial charge on any atom is -0.325 e. The van der Waals surface area contributed by atoms with Crippen molar-refractivity contribution < 1.29 is 18.0 Å². The SMILES string of the molecule is O=C1C[C@H](c2ccccc2C(F)(F)F)c2ccc3ccccc3c2N1. The first-order valence-electron chi connectivity index (χ1n) is 7.93. The third-order valence-corrected chi connectivity index (χ3v) is 4.63. The van der Waals surface area contributed by atoms with Gasteiger partial charge in [0.05, 0.1) is 11.3 Å². The van der Waals surface area contributed by atoms with Crippen molar-refractivity contribution in [3.63, 3.8) is 0 Å². The zero-order chi connectivity index (χ0) is 17.6. The van der Waals surface area contributed by atoms with Crippen molar-refractivity contribution in [2.45, 2.75) is 18.5 Å². The maximum atomic E-state index is 13.4. The number of rotatable bonds is 1. The van der Waals surface area contributed by atoms with Crippen LogP contribution < -0.4 is 5.32 Å². The van der Waals surface area contributed by atoms with Crippen molar-refractivity contribution in [2.24, 2.45) is 0 Å². The highest BCUT2D eigenvalue weighted by molar-refractivity contribution is 6.06. The first-order chi connectivity index (χ1) is 11.9. The molecule has 0 bridgehead atoms. The van der Waals surface area contributed by atoms with Crippen molar-refractivity contribution >= 4 is 22.4 Å². The molecule has 0 saturated carbocycles. The van der Waals surface area contributed by atoms with Gasteiger partial charge in [0.25, 0.3) is 0 Å². The molecule has 0 fully saturated rings. The Balaban J connectivity index is 1.95. The topological polar surface area (TPSA) is 29.1 Å². The second-order valence-electron chi connectivity index (χ2n) is 6.14. The second-order valence-corrected chi connectivity index (χ2v) is 6.14. The third-order valence-electron chi connectivity index (χ3n) is 4.63. The van der Waals surface area contributed by atoms with Crippen molar-refractivity contribution in [3.05, 3.63) is 77.4 Å². The molecule has 1 heterocycles. The number of hydrogen-bond donors (Lipinski definition) is 1. The van der Waals surface area contributed by atoms with Gasteiger partial charge in [-0.1, -0.05) is 54.6 Å². The Labute approximate surface area is 142 Å². The second kappa shape index (κ2) is 5.62. The molecule has 0 spiro atoms. The molecule has 1 N–H and O–H groups in total. The van der Waals surface area contributed by atoms with Crippen LogP contribution >= 0.6 is 0 Å². The van der Waals surface area contributed by atoms with E-state index in [1.54, 1.807) is 6.07 Å². The van der Waals surface area contributed by atoms with Gasteiger partial charge in [0.1, 0.15) is 0 Å². The van der Waals surface area contributed by atoms with Crippen LogP contribution in [0.3, 0.4) is 0 Å². The van der Waals surface area contributed by atoms with Crippen LogP contribution in [0.15, 0.2) is 60.7 Å². The Bertz CT molecular complexity index is 978. The van der Waals surface area contributed by atoms with Gasteiger partial charge in [0.2, 0.25) is 5.91 Å². The Morgan fingerprint density at radius 2 is 1.60 bits per heavy atom. The van der Waals surface area contributed by atoms with E-state index in [-0.39, 0.29) is 17.9 Å². The molecular weight excluding hydrogens is 327 g/mol. The number of benzene rings is 3. The van der Waals surface area contributed by atoms with Crippen LogP contribution in [0, 0.1) is 0 Å². The molecule has 5 heteroatoms. The van der Waals surface area contributed by atoms with Crippen molar-refractivity contribution in [3.8, 4) is 0 Å². The molecule has 0 aliphatic carbocycles. The normalized spacial score (nSPS) is 17.2. The maximum absolute atomic E-state index is 13.4. The summed E-state index contributed by atoms with van der Waals surface area (Å²) in [7, 11) is 0. The molecule has 1 aliphatic rings. The number of alkyl halides is 3. The van der Waals surface area contributed by atoms with E-state index in [9.17, 15) is 18.0 Å². The van der Waals surface area contributed by atoms with Crippen LogP contribution in [0.4, 0.5) is 18.9 Å². The first-order valence-corrected chi connectivity index (χ1v) is 7.93. The monoisotopic (exact) mass is 341 g/mol. The number of anilines is 1. The van der Waals surface area contributed by atoms with E-state index in [2.05, 4.69) is 5.32 Å². The quantitative estimate of drug-likeness (QED) is 0.636. The average Bonchev–Trinajstić information content (AvgIpc) is 2.60. The highest BCUT2D eigenvalue weighted by atomic mass is 19.4. The van der Waals surface area contributed by atoms with Gasteiger partial charge in [-0.3, -0.25) is 4.79 Å². The van der Waals surface area contributed by atoms with Crippen molar-refractivity contribution in [1.82, 2.24) is 0 Å². The predicted molar refractivity (Wildman–Crippen MR) is 90.5 cm³/mol. The molecule has 2 nitrogen and oxygen atoms in total. The average molecular weight is 341 g/mol. The Morgan fingerprint density at radius 1 is 0.880 bits per heavy atom. The highest BCUT2D eigenvalue weighted by Crippen LogP contribution is 2.44. The number of halogens is 3.